The number of hydrogen-bond donors (Lipinski definition) is 1. The van der Waals surface area contributed by atoms with E-state index in [1.165, 1.54) is 19.3 Å². The molecule has 1 aliphatic rings. The Morgan fingerprint density at radius 2 is 2.08 bits per heavy atom. The fourth-order valence-electron chi connectivity index (χ4n) is 1.76. The second-order valence-electron chi connectivity index (χ2n) is 3.50. The molecule has 0 saturated carbocycles. The van der Waals surface area contributed by atoms with E-state index in [9.17, 15) is 0 Å². The molecule has 0 aromatic carbocycles. The number of aromatic nitrogens is 2. The monoisotopic (exact) mass is 177 g/mol. The topological polar surface area (TPSA) is 37.8 Å². The maximum absolute atomic E-state index is 4.29. The third-order valence-corrected chi connectivity index (χ3v) is 2.50. The van der Waals surface area contributed by atoms with E-state index in [1.807, 2.05) is 18.5 Å². The summed E-state index contributed by atoms with van der Waals surface area (Å²) < 4.78 is 0. The van der Waals surface area contributed by atoms with Crippen LogP contribution in [-0.2, 0) is 0 Å². The van der Waals surface area contributed by atoms with Crippen molar-refractivity contribution < 1.29 is 0 Å². The summed E-state index contributed by atoms with van der Waals surface area (Å²) >= 11 is 0. The van der Waals surface area contributed by atoms with Crippen LogP contribution < -0.4 is 5.32 Å². The van der Waals surface area contributed by atoms with Crippen molar-refractivity contribution >= 4 is 0 Å². The molecule has 70 valence electrons. The molecule has 1 N–H and O–H groups in total. The minimum Gasteiger partial charge on any atom is -0.316 e. The summed E-state index contributed by atoms with van der Waals surface area (Å²) in [5, 5.41) is 3.42. The van der Waals surface area contributed by atoms with Gasteiger partial charge in [0, 0.05) is 24.9 Å². The lowest BCUT2D eigenvalue weighted by Gasteiger charge is -2.11. The lowest BCUT2D eigenvalue weighted by molar-refractivity contribution is 0.577. The molecule has 1 unspecified atom stereocenters. The van der Waals surface area contributed by atoms with E-state index in [0.717, 1.165) is 18.9 Å². The van der Waals surface area contributed by atoms with E-state index in [-0.39, 0.29) is 0 Å². The van der Waals surface area contributed by atoms with Gasteiger partial charge in [0.25, 0.3) is 0 Å². The minimum absolute atomic E-state index is 0.517. The Labute approximate surface area is 78.6 Å². The van der Waals surface area contributed by atoms with Gasteiger partial charge in [-0.15, -0.1) is 0 Å². The smallest absolute Gasteiger partial charge is 0.132 e. The Kier molecular flexibility index (Phi) is 2.87. The zero-order valence-corrected chi connectivity index (χ0v) is 7.74. The van der Waals surface area contributed by atoms with E-state index >= 15 is 0 Å². The van der Waals surface area contributed by atoms with Crippen LogP contribution in [0, 0.1) is 0 Å². The second kappa shape index (κ2) is 4.33. The van der Waals surface area contributed by atoms with Crippen LogP contribution in [0.3, 0.4) is 0 Å². The molecule has 1 aliphatic heterocycles. The Morgan fingerprint density at radius 3 is 2.92 bits per heavy atom. The Morgan fingerprint density at radius 1 is 1.23 bits per heavy atom. The number of nitrogens with zero attached hydrogens (tertiary/aromatic N) is 2. The summed E-state index contributed by atoms with van der Waals surface area (Å²) in [6.45, 7) is 2.17. The lowest BCUT2D eigenvalue weighted by Crippen LogP contribution is -2.20. The highest BCUT2D eigenvalue weighted by Crippen LogP contribution is 2.19. The average Bonchev–Trinajstić information content (AvgIpc) is 2.47. The molecule has 2 heterocycles. The summed E-state index contributed by atoms with van der Waals surface area (Å²) in [4.78, 5) is 8.59. The molecule has 0 aliphatic carbocycles. The van der Waals surface area contributed by atoms with Gasteiger partial charge in [0.15, 0.2) is 0 Å². The normalized spacial score (nSPS) is 23.8. The molecule has 13 heavy (non-hydrogen) atoms. The average molecular weight is 177 g/mol. The standard InChI is InChI=1S/C10H15N3/c1-2-5-11-8-9(4-1)10-12-6-3-7-13-10/h3,6-7,9,11H,1-2,4-5,8H2. The molecule has 0 radical (unpaired) electrons. The van der Waals surface area contributed by atoms with E-state index in [0.29, 0.717) is 5.92 Å². The highest BCUT2D eigenvalue weighted by atomic mass is 14.9. The van der Waals surface area contributed by atoms with Crippen LogP contribution in [0.4, 0.5) is 0 Å². The van der Waals surface area contributed by atoms with Gasteiger partial charge >= 0.3 is 0 Å². The second-order valence-corrected chi connectivity index (χ2v) is 3.50. The third kappa shape index (κ3) is 2.25. The molecular formula is C10H15N3. The molecular weight excluding hydrogens is 162 g/mol. The van der Waals surface area contributed by atoms with Gasteiger partial charge < -0.3 is 5.32 Å². The van der Waals surface area contributed by atoms with Crippen LogP contribution in [0.5, 0.6) is 0 Å². The summed E-state index contributed by atoms with van der Waals surface area (Å²) in [5.74, 6) is 1.51. The molecule has 1 aromatic heterocycles. The Bertz CT molecular complexity index is 240. The largest absolute Gasteiger partial charge is 0.316 e. The van der Waals surface area contributed by atoms with Crippen LogP contribution in [-0.4, -0.2) is 23.1 Å². The van der Waals surface area contributed by atoms with Crippen molar-refractivity contribution in [2.24, 2.45) is 0 Å². The molecule has 1 atom stereocenters. The molecule has 3 nitrogen and oxygen atoms in total. The number of nitrogens with one attached hydrogen (secondary N) is 1. The first-order chi connectivity index (χ1) is 6.47. The summed E-state index contributed by atoms with van der Waals surface area (Å²) in [5.41, 5.74) is 0. The van der Waals surface area contributed by atoms with Crippen LogP contribution in [0.2, 0.25) is 0 Å². The van der Waals surface area contributed by atoms with Crippen molar-refractivity contribution in [2.75, 3.05) is 13.1 Å². The van der Waals surface area contributed by atoms with Gasteiger partial charge in [-0.25, -0.2) is 9.97 Å². The SMILES string of the molecule is c1cnc(C2CCCCNC2)nc1. The Balaban J connectivity index is 2.06. The van der Waals surface area contributed by atoms with Crippen molar-refractivity contribution in [1.29, 1.82) is 0 Å². The highest BCUT2D eigenvalue weighted by Gasteiger charge is 2.15. The van der Waals surface area contributed by atoms with Crippen LogP contribution >= 0.6 is 0 Å². The first-order valence-electron chi connectivity index (χ1n) is 4.94. The van der Waals surface area contributed by atoms with Gasteiger partial charge in [0.05, 0.1) is 0 Å². The molecule has 0 spiro atoms. The summed E-state index contributed by atoms with van der Waals surface area (Å²) in [6, 6.07) is 1.87. The van der Waals surface area contributed by atoms with Gasteiger partial charge in [-0.3, -0.25) is 0 Å². The van der Waals surface area contributed by atoms with Gasteiger partial charge in [0.1, 0.15) is 5.82 Å². The molecule has 0 amide bonds. The quantitative estimate of drug-likeness (QED) is 0.703. The zero-order chi connectivity index (χ0) is 8.93. The minimum atomic E-state index is 0.517. The summed E-state index contributed by atoms with van der Waals surface area (Å²) in [7, 11) is 0. The van der Waals surface area contributed by atoms with Crippen molar-refractivity contribution in [2.45, 2.75) is 25.2 Å². The number of rotatable bonds is 1. The van der Waals surface area contributed by atoms with Crippen LogP contribution in [0.15, 0.2) is 18.5 Å². The van der Waals surface area contributed by atoms with E-state index in [2.05, 4.69) is 15.3 Å². The first kappa shape index (κ1) is 8.63. The van der Waals surface area contributed by atoms with Gasteiger partial charge in [-0.1, -0.05) is 6.42 Å². The lowest BCUT2D eigenvalue weighted by atomic mass is 10.0. The van der Waals surface area contributed by atoms with Gasteiger partial charge in [-0.2, -0.15) is 0 Å². The van der Waals surface area contributed by atoms with Crippen molar-refractivity contribution in [3.05, 3.63) is 24.3 Å². The van der Waals surface area contributed by atoms with E-state index in [1.54, 1.807) is 0 Å². The first-order valence-corrected chi connectivity index (χ1v) is 4.94. The van der Waals surface area contributed by atoms with E-state index < -0.39 is 0 Å². The van der Waals surface area contributed by atoms with Crippen molar-refractivity contribution in [3.8, 4) is 0 Å². The molecule has 3 heteroatoms. The Hall–Kier alpha value is -0.960. The molecule has 0 bridgehead atoms. The van der Waals surface area contributed by atoms with E-state index in [4.69, 9.17) is 0 Å². The molecule has 1 aromatic rings. The molecule has 1 fully saturated rings. The highest BCUT2D eigenvalue weighted by molar-refractivity contribution is 4.98. The van der Waals surface area contributed by atoms with Crippen molar-refractivity contribution in [3.63, 3.8) is 0 Å². The number of hydrogen-bond acceptors (Lipinski definition) is 3. The van der Waals surface area contributed by atoms with Gasteiger partial charge in [-0.05, 0) is 25.5 Å². The fourth-order valence-corrected chi connectivity index (χ4v) is 1.76. The fraction of sp³-hybridized carbons (Fsp3) is 0.600. The zero-order valence-electron chi connectivity index (χ0n) is 7.74. The summed E-state index contributed by atoms with van der Waals surface area (Å²) in [6.07, 6.45) is 7.44. The molecule has 1 saturated heterocycles. The maximum atomic E-state index is 4.29. The van der Waals surface area contributed by atoms with Crippen molar-refractivity contribution in [1.82, 2.24) is 15.3 Å². The predicted molar refractivity (Wildman–Crippen MR) is 51.5 cm³/mol. The predicted octanol–water partition coefficient (Wildman–Crippen LogP) is 1.33. The third-order valence-electron chi connectivity index (χ3n) is 2.50. The van der Waals surface area contributed by atoms with Gasteiger partial charge in [0.2, 0.25) is 0 Å². The van der Waals surface area contributed by atoms with Crippen LogP contribution in [0.1, 0.15) is 31.0 Å². The molecule has 2 rings (SSSR count). The maximum Gasteiger partial charge on any atom is 0.132 e. The van der Waals surface area contributed by atoms with Crippen LogP contribution in [0.25, 0.3) is 0 Å².